The minimum atomic E-state index is 0.177. The van der Waals surface area contributed by atoms with E-state index in [4.69, 9.17) is 0 Å². The molecule has 1 aromatic rings. The molecule has 20 heavy (non-hydrogen) atoms. The molecule has 0 saturated carbocycles. The molecule has 0 N–H and O–H groups in total. The SMILES string of the molecule is CC(C)CCN1CCCN(C(=O)c2ccccc2)CC1. The normalized spacial score (nSPS) is 17.2. The first-order valence-corrected chi connectivity index (χ1v) is 7.73. The summed E-state index contributed by atoms with van der Waals surface area (Å²) < 4.78 is 0. The summed E-state index contributed by atoms with van der Waals surface area (Å²) in [6.07, 6.45) is 2.32. The van der Waals surface area contributed by atoms with Crippen LogP contribution >= 0.6 is 0 Å². The topological polar surface area (TPSA) is 23.6 Å². The van der Waals surface area contributed by atoms with E-state index in [9.17, 15) is 4.79 Å². The second kappa shape index (κ2) is 7.44. The number of carbonyl (C=O) groups excluding carboxylic acids is 1. The molecule has 1 amide bonds. The van der Waals surface area contributed by atoms with E-state index < -0.39 is 0 Å². The van der Waals surface area contributed by atoms with E-state index in [1.165, 1.54) is 6.42 Å². The third-order valence-electron chi connectivity index (χ3n) is 3.92. The number of hydrogen-bond acceptors (Lipinski definition) is 2. The molecule has 2 rings (SSSR count). The van der Waals surface area contributed by atoms with Crippen molar-refractivity contribution in [3.63, 3.8) is 0 Å². The monoisotopic (exact) mass is 274 g/mol. The molecule has 1 aliphatic heterocycles. The molecule has 1 saturated heterocycles. The standard InChI is InChI=1S/C17H26N2O/c1-15(2)9-12-18-10-6-11-19(14-13-18)17(20)16-7-4-3-5-8-16/h3-5,7-8,15H,6,9-14H2,1-2H3. The molecule has 0 bridgehead atoms. The van der Waals surface area contributed by atoms with Gasteiger partial charge in [0.15, 0.2) is 0 Å². The molecule has 1 fully saturated rings. The predicted octanol–water partition coefficient (Wildman–Crippen LogP) is 2.88. The maximum atomic E-state index is 12.4. The molecule has 0 aliphatic carbocycles. The van der Waals surface area contributed by atoms with Gasteiger partial charge in [-0.05, 0) is 44.0 Å². The van der Waals surface area contributed by atoms with Gasteiger partial charge in [0.2, 0.25) is 0 Å². The van der Waals surface area contributed by atoms with Gasteiger partial charge in [-0.2, -0.15) is 0 Å². The highest BCUT2D eigenvalue weighted by atomic mass is 16.2. The first-order valence-electron chi connectivity index (χ1n) is 7.73. The minimum Gasteiger partial charge on any atom is -0.337 e. The van der Waals surface area contributed by atoms with Crippen LogP contribution in [0.2, 0.25) is 0 Å². The van der Waals surface area contributed by atoms with Crippen molar-refractivity contribution < 1.29 is 4.79 Å². The Labute approximate surface area is 122 Å². The fraction of sp³-hybridized carbons (Fsp3) is 0.588. The number of benzene rings is 1. The molecular formula is C17H26N2O. The van der Waals surface area contributed by atoms with Gasteiger partial charge in [-0.1, -0.05) is 32.0 Å². The Morgan fingerprint density at radius 2 is 1.85 bits per heavy atom. The summed E-state index contributed by atoms with van der Waals surface area (Å²) >= 11 is 0. The Balaban J connectivity index is 1.88. The molecule has 3 nitrogen and oxygen atoms in total. The Kier molecular flexibility index (Phi) is 5.60. The zero-order chi connectivity index (χ0) is 14.4. The Hall–Kier alpha value is -1.35. The summed E-state index contributed by atoms with van der Waals surface area (Å²) in [5, 5.41) is 0. The Morgan fingerprint density at radius 3 is 2.55 bits per heavy atom. The lowest BCUT2D eigenvalue weighted by atomic mass is 10.1. The average molecular weight is 274 g/mol. The van der Waals surface area contributed by atoms with Crippen LogP contribution in [-0.4, -0.2) is 48.4 Å². The highest BCUT2D eigenvalue weighted by Gasteiger charge is 2.19. The molecule has 0 atom stereocenters. The fourth-order valence-corrected chi connectivity index (χ4v) is 2.60. The van der Waals surface area contributed by atoms with Gasteiger partial charge in [0, 0.05) is 25.2 Å². The van der Waals surface area contributed by atoms with Crippen LogP contribution in [-0.2, 0) is 0 Å². The van der Waals surface area contributed by atoms with Crippen LogP contribution in [0, 0.1) is 5.92 Å². The molecule has 0 radical (unpaired) electrons. The summed E-state index contributed by atoms with van der Waals surface area (Å²) in [4.78, 5) is 16.9. The molecule has 1 aliphatic rings. The van der Waals surface area contributed by atoms with Crippen molar-refractivity contribution in [3.05, 3.63) is 35.9 Å². The maximum absolute atomic E-state index is 12.4. The van der Waals surface area contributed by atoms with Gasteiger partial charge < -0.3 is 9.80 Å². The van der Waals surface area contributed by atoms with Crippen molar-refractivity contribution in [1.82, 2.24) is 9.80 Å². The fourth-order valence-electron chi connectivity index (χ4n) is 2.60. The summed E-state index contributed by atoms with van der Waals surface area (Å²) in [5.41, 5.74) is 0.808. The Morgan fingerprint density at radius 1 is 1.10 bits per heavy atom. The van der Waals surface area contributed by atoms with Crippen LogP contribution < -0.4 is 0 Å². The third kappa shape index (κ3) is 4.34. The summed E-state index contributed by atoms with van der Waals surface area (Å²) in [5.74, 6) is 0.927. The van der Waals surface area contributed by atoms with Crippen molar-refractivity contribution in [2.45, 2.75) is 26.7 Å². The Bertz CT molecular complexity index is 416. The van der Waals surface area contributed by atoms with Crippen LogP contribution in [0.15, 0.2) is 30.3 Å². The number of hydrogen-bond donors (Lipinski definition) is 0. The highest BCUT2D eigenvalue weighted by molar-refractivity contribution is 5.94. The molecule has 1 heterocycles. The van der Waals surface area contributed by atoms with Gasteiger partial charge in [-0.15, -0.1) is 0 Å². The number of carbonyl (C=O) groups is 1. The molecule has 0 aromatic heterocycles. The van der Waals surface area contributed by atoms with E-state index in [0.29, 0.717) is 0 Å². The van der Waals surface area contributed by atoms with Crippen LogP contribution in [0.3, 0.4) is 0 Å². The largest absolute Gasteiger partial charge is 0.337 e. The van der Waals surface area contributed by atoms with E-state index in [2.05, 4.69) is 18.7 Å². The quantitative estimate of drug-likeness (QED) is 0.843. The van der Waals surface area contributed by atoms with Gasteiger partial charge >= 0.3 is 0 Å². The molecule has 1 aromatic carbocycles. The highest BCUT2D eigenvalue weighted by Crippen LogP contribution is 2.10. The van der Waals surface area contributed by atoms with Crippen molar-refractivity contribution >= 4 is 5.91 Å². The summed E-state index contributed by atoms with van der Waals surface area (Å²) in [7, 11) is 0. The van der Waals surface area contributed by atoms with Gasteiger partial charge in [0.05, 0.1) is 0 Å². The zero-order valence-electron chi connectivity index (χ0n) is 12.7. The lowest BCUT2D eigenvalue weighted by Crippen LogP contribution is -2.35. The van der Waals surface area contributed by atoms with Crippen LogP contribution in [0.5, 0.6) is 0 Å². The maximum Gasteiger partial charge on any atom is 0.253 e. The van der Waals surface area contributed by atoms with Crippen LogP contribution in [0.4, 0.5) is 0 Å². The second-order valence-electron chi connectivity index (χ2n) is 6.04. The van der Waals surface area contributed by atoms with Crippen molar-refractivity contribution in [1.29, 1.82) is 0 Å². The average Bonchev–Trinajstić information content (AvgIpc) is 2.71. The first kappa shape index (κ1) is 15.0. The summed E-state index contributed by atoms with van der Waals surface area (Å²) in [6.45, 7) is 9.55. The lowest BCUT2D eigenvalue weighted by molar-refractivity contribution is 0.0761. The van der Waals surface area contributed by atoms with Gasteiger partial charge in [-0.3, -0.25) is 4.79 Å². The van der Waals surface area contributed by atoms with E-state index >= 15 is 0 Å². The number of rotatable bonds is 4. The third-order valence-corrected chi connectivity index (χ3v) is 3.92. The predicted molar refractivity (Wildman–Crippen MR) is 82.9 cm³/mol. The second-order valence-corrected chi connectivity index (χ2v) is 6.04. The van der Waals surface area contributed by atoms with Crippen LogP contribution in [0.1, 0.15) is 37.0 Å². The smallest absolute Gasteiger partial charge is 0.253 e. The van der Waals surface area contributed by atoms with Gasteiger partial charge in [0.25, 0.3) is 5.91 Å². The van der Waals surface area contributed by atoms with Crippen molar-refractivity contribution in [2.75, 3.05) is 32.7 Å². The van der Waals surface area contributed by atoms with E-state index in [0.717, 1.165) is 50.6 Å². The van der Waals surface area contributed by atoms with Gasteiger partial charge in [0.1, 0.15) is 0 Å². The summed E-state index contributed by atoms with van der Waals surface area (Å²) in [6, 6.07) is 9.63. The molecular weight excluding hydrogens is 248 g/mol. The van der Waals surface area contributed by atoms with Gasteiger partial charge in [-0.25, -0.2) is 0 Å². The zero-order valence-corrected chi connectivity index (χ0v) is 12.7. The lowest BCUT2D eigenvalue weighted by Gasteiger charge is -2.22. The van der Waals surface area contributed by atoms with Crippen LogP contribution in [0.25, 0.3) is 0 Å². The minimum absolute atomic E-state index is 0.177. The molecule has 110 valence electrons. The van der Waals surface area contributed by atoms with E-state index in [1.54, 1.807) is 0 Å². The van der Waals surface area contributed by atoms with E-state index in [1.807, 2.05) is 35.2 Å². The molecule has 0 spiro atoms. The number of nitrogens with zero attached hydrogens (tertiary/aromatic N) is 2. The first-order chi connectivity index (χ1) is 9.66. The van der Waals surface area contributed by atoms with Crippen molar-refractivity contribution in [3.8, 4) is 0 Å². The van der Waals surface area contributed by atoms with Crippen molar-refractivity contribution in [2.24, 2.45) is 5.92 Å². The van der Waals surface area contributed by atoms with E-state index in [-0.39, 0.29) is 5.91 Å². The molecule has 0 unspecified atom stereocenters. The molecule has 3 heteroatoms. The number of amides is 1.